The summed E-state index contributed by atoms with van der Waals surface area (Å²) in [5, 5.41) is 24.5. The van der Waals surface area contributed by atoms with Crippen LogP contribution in [0.3, 0.4) is 0 Å². The van der Waals surface area contributed by atoms with Crippen molar-refractivity contribution in [3.8, 4) is 22.7 Å². The molecule has 136 valence electrons. The second-order valence-corrected chi connectivity index (χ2v) is 6.35. The summed E-state index contributed by atoms with van der Waals surface area (Å²) in [4.78, 5) is 4.36. The number of aliphatic hydroxyl groups excluding tert-OH is 2. The van der Waals surface area contributed by atoms with Gasteiger partial charge in [0.25, 0.3) is 0 Å². The van der Waals surface area contributed by atoms with Crippen molar-refractivity contribution >= 4 is 0 Å². The van der Waals surface area contributed by atoms with Gasteiger partial charge in [-0.25, -0.2) is 4.68 Å². The Hall–Kier alpha value is -2.70. The Morgan fingerprint density at radius 2 is 1.85 bits per heavy atom. The van der Waals surface area contributed by atoms with Crippen LogP contribution in [0.2, 0.25) is 0 Å². The maximum Gasteiger partial charge on any atom is 0.119 e. The predicted molar refractivity (Wildman–Crippen MR) is 99.3 cm³/mol. The van der Waals surface area contributed by atoms with E-state index in [1.54, 1.807) is 24.9 Å². The SMILES string of the molecule is COc1ccc(-n2nc(C(O)CC(C)O)cc2-c2ccc(C)nc2)cc1. The summed E-state index contributed by atoms with van der Waals surface area (Å²) >= 11 is 0. The van der Waals surface area contributed by atoms with Gasteiger partial charge in [0, 0.05) is 23.9 Å². The third-order valence-corrected chi connectivity index (χ3v) is 4.16. The molecule has 2 aromatic heterocycles. The molecular formula is C20H23N3O3. The minimum atomic E-state index is -0.841. The fraction of sp³-hybridized carbons (Fsp3) is 0.300. The van der Waals surface area contributed by atoms with Crippen molar-refractivity contribution in [3.05, 3.63) is 60.0 Å². The quantitative estimate of drug-likeness (QED) is 0.712. The number of aromatic nitrogens is 3. The molecule has 0 bridgehead atoms. The van der Waals surface area contributed by atoms with Gasteiger partial charge >= 0.3 is 0 Å². The molecule has 3 rings (SSSR count). The average molecular weight is 353 g/mol. The molecule has 2 N–H and O–H groups in total. The standard InChI is InChI=1S/C20H23N3O3/c1-13-4-5-15(12-21-13)19-11-18(20(25)10-14(2)24)22-23(19)16-6-8-17(26-3)9-7-16/h4-9,11-12,14,20,24-25H,10H2,1-3H3. The first-order valence-electron chi connectivity index (χ1n) is 8.51. The third-order valence-electron chi connectivity index (χ3n) is 4.16. The Kier molecular flexibility index (Phi) is 5.35. The maximum atomic E-state index is 10.4. The summed E-state index contributed by atoms with van der Waals surface area (Å²) in [6, 6.07) is 13.3. The fourth-order valence-electron chi connectivity index (χ4n) is 2.75. The Morgan fingerprint density at radius 3 is 2.42 bits per heavy atom. The molecule has 0 amide bonds. The van der Waals surface area contributed by atoms with E-state index >= 15 is 0 Å². The lowest BCUT2D eigenvalue weighted by Crippen LogP contribution is -2.09. The number of methoxy groups -OCH3 is 1. The van der Waals surface area contributed by atoms with Crippen molar-refractivity contribution in [1.29, 1.82) is 0 Å². The van der Waals surface area contributed by atoms with E-state index in [1.165, 1.54) is 0 Å². The lowest BCUT2D eigenvalue weighted by Gasteiger charge is -2.10. The zero-order valence-electron chi connectivity index (χ0n) is 15.1. The normalized spacial score (nSPS) is 13.4. The largest absolute Gasteiger partial charge is 0.497 e. The highest BCUT2D eigenvalue weighted by molar-refractivity contribution is 5.62. The lowest BCUT2D eigenvalue weighted by atomic mass is 10.1. The lowest BCUT2D eigenvalue weighted by molar-refractivity contribution is 0.0879. The maximum absolute atomic E-state index is 10.4. The Morgan fingerprint density at radius 1 is 1.12 bits per heavy atom. The summed E-state index contributed by atoms with van der Waals surface area (Å²) in [5.41, 5.74) is 4.00. The van der Waals surface area contributed by atoms with Crippen LogP contribution in [0.4, 0.5) is 0 Å². The van der Waals surface area contributed by atoms with Crippen LogP contribution >= 0.6 is 0 Å². The first-order chi connectivity index (χ1) is 12.5. The predicted octanol–water partition coefficient (Wildman–Crippen LogP) is 3.06. The molecule has 0 saturated carbocycles. The van der Waals surface area contributed by atoms with Crippen molar-refractivity contribution in [2.24, 2.45) is 0 Å². The van der Waals surface area contributed by atoms with Crippen LogP contribution in [0.1, 0.15) is 30.8 Å². The molecule has 2 atom stereocenters. The van der Waals surface area contributed by atoms with E-state index in [1.807, 2.05) is 49.4 Å². The Labute approximate surface area is 152 Å². The molecule has 0 saturated heterocycles. The van der Waals surface area contributed by atoms with E-state index in [9.17, 15) is 10.2 Å². The average Bonchev–Trinajstić information content (AvgIpc) is 3.07. The summed E-state index contributed by atoms with van der Waals surface area (Å²) in [5.74, 6) is 0.758. The molecule has 2 heterocycles. The summed E-state index contributed by atoms with van der Waals surface area (Å²) in [6.07, 6.45) is 0.565. The molecule has 0 aliphatic rings. The smallest absolute Gasteiger partial charge is 0.119 e. The number of ether oxygens (including phenoxy) is 1. The highest BCUT2D eigenvalue weighted by atomic mass is 16.5. The number of hydrogen-bond acceptors (Lipinski definition) is 5. The number of rotatable bonds is 6. The van der Waals surface area contributed by atoms with Gasteiger partial charge in [0.05, 0.1) is 30.3 Å². The molecule has 0 fully saturated rings. The van der Waals surface area contributed by atoms with Crippen LogP contribution in [-0.4, -0.2) is 38.2 Å². The first-order valence-corrected chi connectivity index (χ1v) is 8.51. The second-order valence-electron chi connectivity index (χ2n) is 6.35. The van der Waals surface area contributed by atoms with Gasteiger partial charge < -0.3 is 14.9 Å². The number of benzene rings is 1. The van der Waals surface area contributed by atoms with Crippen molar-refractivity contribution in [3.63, 3.8) is 0 Å². The van der Waals surface area contributed by atoms with Crippen molar-refractivity contribution in [1.82, 2.24) is 14.8 Å². The number of aryl methyl sites for hydroxylation is 1. The van der Waals surface area contributed by atoms with Gasteiger partial charge in [-0.2, -0.15) is 5.10 Å². The zero-order valence-corrected chi connectivity index (χ0v) is 15.1. The molecular weight excluding hydrogens is 330 g/mol. The zero-order chi connectivity index (χ0) is 18.7. The van der Waals surface area contributed by atoms with E-state index in [2.05, 4.69) is 10.1 Å². The highest BCUT2D eigenvalue weighted by Gasteiger charge is 2.19. The molecule has 0 aliphatic heterocycles. The van der Waals surface area contributed by atoms with Crippen LogP contribution in [-0.2, 0) is 0 Å². The molecule has 3 aromatic rings. The molecule has 0 radical (unpaired) electrons. The number of nitrogens with zero attached hydrogens (tertiary/aromatic N) is 3. The number of pyridine rings is 1. The van der Waals surface area contributed by atoms with Crippen LogP contribution in [0.15, 0.2) is 48.7 Å². The van der Waals surface area contributed by atoms with E-state index in [0.717, 1.165) is 28.4 Å². The van der Waals surface area contributed by atoms with Gasteiger partial charge in [-0.15, -0.1) is 0 Å². The van der Waals surface area contributed by atoms with E-state index in [0.29, 0.717) is 5.69 Å². The molecule has 2 unspecified atom stereocenters. The number of hydrogen-bond donors (Lipinski definition) is 2. The van der Waals surface area contributed by atoms with Gasteiger partial charge in [-0.3, -0.25) is 4.98 Å². The van der Waals surface area contributed by atoms with E-state index in [-0.39, 0.29) is 6.42 Å². The van der Waals surface area contributed by atoms with Crippen LogP contribution in [0.5, 0.6) is 5.75 Å². The molecule has 6 nitrogen and oxygen atoms in total. The van der Waals surface area contributed by atoms with Crippen molar-refractivity contribution < 1.29 is 14.9 Å². The van der Waals surface area contributed by atoms with Gasteiger partial charge in [0.2, 0.25) is 0 Å². The molecule has 6 heteroatoms. The Bertz CT molecular complexity index is 855. The van der Waals surface area contributed by atoms with Crippen LogP contribution < -0.4 is 4.74 Å². The second kappa shape index (κ2) is 7.68. The molecule has 26 heavy (non-hydrogen) atoms. The first kappa shape index (κ1) is 18.1. The molecule has 1 aromatic carbocycles. The number of aliphatic hydroxyl groups is 2. The van der Waals surface area contributed by atoms with E-state index < -0.39 is 12.2 Å². The minimum absolute atomic E-state index is 0.227. The molecule has 0 aliphatic carbocycles. The third kappa shape index (κ3) is 3.92. The summed E-state index contributed by atoms with van der Waals surface area (Å²) in [6.45, 7) is 3.58. The molecule has 0 spiro atoms. The Balaban J connectivity index is 2.07. The van der Waals surface area contributed by atoms with Gasteiger partial charge in [-0.1, -0.05) is 0 Å². The monoisotopic (exact) mass is 353 g/mol. The minimum Gasteiger partial charge on any atom is -0.497 e. The van der Waals surface area contributed by atoms with E-state index in [4.69, 9.17) is 4.74 Å². The van der Waals surface area contributed by atoms with Gasteiger partial charge in [0.1, 0.15) is 11.9 Å². The van der Waals surface area contributed by atoms with Crippen LogP contribution in [0, 0.1) is 6.92 Å². The highest BCUT2D eigenvalue weighted by Crippen LogP contribution is 2.28. The topological polar surface area (TPSA) is 80.4 Å². The van der Waals surface area contributed by atoms with Crippen molar-refractivity contribution in [2.75, 3.05) is 7.11 Å². The fourth-order valence-corrected chi connectivity index (χ4v) is 2.75. The van der Waals surface area contributed by atoms with Gasteiger partial charge in [-0.05, 0) is 56.3 Å². The van der Waals surface area contributed by atoms with Crippen molar-refractivity contribution in [2.45, 2.75) is 32.5 Å². The van der Waals surface area contributed by atoms with Gasteiger partial charge in [0.15, 0.2) is 0 Å². The summed E-state index contributed by atoms with van der Waals surface area (Å²) in [7, 11) is 1.62. The van der Waals surface area contributed by atoms with Crippen LogP contribution in [0.25, 0.3) is 16.9 Å². The summed E-state index contributed by atoms with van der Waals surface area (Å²) < 4.78 is 6.98.